The van der Waals surface area contributed by atoms with Gasteiger partial charge in [0.15, 0.2) is 5.82 Å². The Bertz CT molecular complexity index is 971. The molecule has 1 aliphatic rings. The molecule has 0 aliphatic carbocycles. The Morgan fingerprint density at radius 2 is 1.79 bits per heavy atom. The summed E-state index contributed by atoms with van der Waals surface area (Å²) in [6.45, 7) is 1.36. The highest BCUT2D eigenvalue weighted by molar-refractivity contribution is 5.91. The van der Waals surface area contributed by atoms with Crippen LogP contribution < -0.4 is 5.32 Å². The number of carbonyl (C=O) groups is 1. The van der Waals surface area contributed by atoms with Crippen LogP contribution in [0.1, 0.15) is 30.0 Å². The first-order valence-corrected chi connectivity index (χ1v) is 9.51. The molecule has 0 saturated carbocycles. The molecule has 0 radical (unpaired) electrons. The Morgan fingerprint density at radius 1 is 1.00 bits per heavy atom. The first-order valence-electron chi connectivity index (χ1n) is 9.51. The Hall–Kier alpha value is -3.68. The van der Waals surface area contributed by atoms with E-state index in [0.717, 1.165) is 24.1 Å². The van der Waals surface area contributed by atoms with Crippen LogP contribution in [-0.4, -0.2) is 48.8 Å². The second kappa shape index (κ2) is 9.01. The molecule has 4 heterocycles. The first-order chi connectivity index (χ1) is 14.3. The molecule has 3 aromatic rings. The van der Waals surface area contributed by atoms with Crippen LogP contribution in [0.25, 0.3) is 6.08 Å². The molecule has 1 saturated heterocycles. The van der Waals surface area contributed by atoms with Gasteiger partial charge in [-0.3, -0.25) is 14.8 Å². The lowest BCUT2D eigenvalue weighted by Gasteiger charge is -2.31. The predicted octanol–water partition coefficient (Wildman–Crippen LogP) is 2.82. The van der Waals surface area contributed by atoms with Crippen molar-refractivity contribution in [3.8, 4) is 0 Å². The van der Waals surface area contributed by atoms with Gasteiger partial charge in [0.2, 0.25) is 11.9 Å². The normalized spacial score (nSPS) is 14.8. The van der Waals surface area contributed by atoms with Crippen LogP contribution in [0.3, 0.4) is 0 Å². The molecule has 1 fully saturated rings. The molecule has 1 N–H and O–H groups in total. The van der Waals surface area contributed by atoms with E-state index in [1.807, 2.05) is 17.0 Å². The highest BCUT2D eigenvalue weighted by atomic mass is 16.2. The van der Waals surface area contributed by atoms with Crippen LogP contribution in [0.15, 0.2) is 61.5 Å². The van der Waals surface area contributed by atoms with Crippen molar-refractivity contribution in [2.45, 2.75) is 18.8 Å². The molecule has 4 rings (SSSR count). The number of hydrogen-bond acceptors (Lipinski definition) is 7. The molecule has 146 valence electrons. The second-order valence-electron chi connectivity index (χ2n) is 6.71. The highest BCUT2D eigenvalue weighted by Gasteiger charge is 2.26. The standard InChI is InChI=1S/C21H21N7O/c29-18(5-4-16-3-1-8-22-15-16)28-13-6-17(7-14-28)19-20(24-12-11-23-19)27-21-25-9-2-10-26-21/h1-5,8-12,15,17H,6-7,13-14H2,(H,24,25,26,27). The van der Waals surface area contributed by atoms with E-state index < -0.39 is 0 Å². The monoisotopic (exact) mass is 387 g/mol. The van der Waals surface area contributed by atoms with Crippen LogP contribution in [0.2, 0.25) is 0 Å². The molecule has 8 heteroatoms. The van der Waals surface area contributed by atoms with Crippen LogP contribution in [0.4, 0.5) is 11.8 Å². The molecule has 0 spiro atoms. The first kappa shape index (κ1) is 18.7. The van der Waals surface area contributed by atoms with Crippen LogP contribution in [-0.2, 0) is 4.79 Å². The summed E-state index contributed by atoms with van der Waals surface area (Å²) < 4.78 is 0. The third kappa shape index (κ3) is 4.78. The Labute approximate surface area is 168 Å². The number of pyridine rings is 1. The molecule has 8 nitrogen and oxygen atoms in total. The summed E-state index contributed by atoms with van der Waals surface area (Å²) in [6.07, 6.45) is 15.2. The number of aromatic nitrogens is 5. The molecule has 29 heavy (non-hydrogen) atoms. The van der Waals surface area contributed by atoms with Gasteiger partial charge in [-0.05, 0) is 36.6 Å². The minimum absolute atomic E-state index is 0.0162. The molecule has 1 aliphatic heterocycles. The van der Waals surface area contributed by atoms with Gasteiger partial charge in [-0.15, -0.1) is 0 Å². The molecular weight excluding hydrogens is 366 g/mol. The Morgan fingerprint density at radius 3 is 2.55 bits per heavy atom. The van der Waals surface area contributed by atoms with Gasteiger partial charge in [-0.2, -0.15) is 0 Å². The molecule has 1 amide bonds. The van der Waals surface area contributed by atoms with Crippen LogP contribution in [0.5, 0.6) is 0 Å². The van der Waals surface area contributed by atoms with Gasteiger partial charge in [0.25, 0.3) is 0 Å². The molecular formula is C21H21N7O. The van der Waals surface area contributed by atoms with Crippen LogP contribution >= 0.6 is 0 Å². The van der Waals surface area contributed by atoms with Gasteiger partial charge in [0.1, 0.15) is 0 Å². The van der Waals surface area contributed by atoms with Gasteiger partial charge in [0.05, 0.1) is 5.69 Å². The number of piperidine rings is 1. The van der Waals surface area contributed by atoms with E-state index >= 15 is 0 Å². The fourth-order valence-corrected chi connectivity index (χ4v) is 3.33. The van der Waals surface area contributed by atoms with Gasteiger partial charge in [-0.25, -0.2) is 15.0 Å². The Balaban J connectivity index is 1.39. The number of anilines is 2. The van der Waals surface area contributed by atoms with E-state index in [0.29, 0.717) is 24.9 Å². The maximum atomic E-state index is 12.5. The van der Waals surface area contributed by atoms with E-state index in [9.17, 15) is 4.79 Å². The van der Waals surface area contributed by atoms with Gasteiger partial charge < -0.3 is 10.2 Å². The van der Waals surface area contributed by atoms with E-state index in [-0.39, 0.29) is 11.8 Å². The molecule has 0 unspecified atom stereocenters. The quantitative estimate of drug-likeness (QED) is 0.672. The zero-order valence-corrected chi connectivity index (χ0v) is 15.8. The van der Waals surface area contributed by atoms with Gasteiger partial charge >= 0.3 is 0 Å². The van der Waals surface area contributed by atoms with Crippen molar-refractivity contribution in [3.05, 3.63) is 72.7 Å². The third-order valence-electron chi connectivity index (χ3n) is 4.82. The smallest absolute Gasteiger partial charge is 0.246 e. The summed E-state index contributed by atoms with van der Waals surface area (Å²) in [4.78, 5) is 35.7. The third-order valence-corrected chi connectivity index (χ3v) is 4.82. The Kier molecular flexibility index (Phi) is 5.80. The van der Waals surface area contributed by atoms with E-state index in [1.54, 1.807) is 55.4 Å². The number of nitrogens with zero attached hydrogens (tertiary/aromatic N) is 6. The fourth-order valence-electron chi connectivity index (χ4n) is 3.33. The molecule has 0 atom stereocenters. The zero-order chi connectivity index (χ0) is 19.9. The summed E-state index contributed by atoms with van der Waals surface area (Å²) in [6, 6.07) is 5.53. The van der Waals surface area contributed by atoms with E-state index in [1.165, 1.54) is 0 Å². The lowest BCUT2D eigenvalue weighted by atomic mass is 9.93. The number of likely N-dealkylation sites (tertiary alicyclic amines) is 1. The minimum atomic E-state index is 0.0162. The SMILES string of the molecule is O=C(C=Cc1cccnc1)N1CCC(c2nccnc2Nc2ncccn2)CC1. The average Bonchev–Trinajstić information content (AvgIpc) is 2.79. The number of nitrogens with one attached hydrogen (secondary N) is 1. The van der Waals surface area contributed by atoms with Crippen molar-refractivity contribution in [3.63, 3.8) is 0 Å². The lowest BCUT2D eigenvalue weighted by Crippen LogP contribution is -2.37. The number of amides is 1. The summed E-state index contributed by atoms with van der Waals surface area (Å²) in [5.41, 5.74) is 1.80. The second-order valence-corrected chi connectivity index (χ2v) is 6.71. The number of rotatable bonds is 5. The van der Waals surface area contributed by atoms with Gasteiger partial charge in [-0.1, -0.05) is 6.07 Å². The minimum Gasteiger partial charge on any atom is -0.339 e. The maximum Gasteiger partial charge on any atom is 0.246 e. The van der Waals surface area contributed by atoms with E-state index in [4.69, 9.17) is 0 Å². The largest absolute Gasteiger partial charge is 0.339 e. The van der Waals surface area contributed by atoms with Crippen molar-refractivity contribution in [1.82, 2.24) is 29.8 Å². The molecule has 0 bridgehead atoms. The summed E-state index contributed by atoms with van der Waals surface area (Å²) in [5.74, 6) is 1.39. The molecule has 3 aromatic heterocycles. The molecule has 0 aromatic carbocycles. The topological polar surface area (TPSA) is 96.8 Å². The average molecular weight is 387 g/mol. The van der Waals surface area contributed by atoms with Crippen molar-refractivity contribution >= 4 is 23.7 Å². The van der Waals surface area contributed by atoms with Crippen molar-refractivity contribution in [2.24, 2.45) is 0 Å². The maximum absolute atomic E-state index is 12.5. The number of carbonyl (C=O) groups excluding carboxylic acids is 1. The lowest BCUT2D eigenvalue weighted by molar-refractivity contribution is -0.126. The predicted molar refractivity (Wildman–Crippen MR) is 109 cm³/mol. The summed E-state index contributed by atoms with van der Waals surface area (Å²) in [7, 11) is 0. The van der Waals surface area contributed by atoms with Crippen molar-refractivity contribution < 1.29 is 4.79 Å². The summed E-state index contributed by atoms with van der Waals surface area (Å²) in [5, 5.41) is 3.15. The van der Waals surface area contributed by atoms with Gasteiger partial charge in [0, 0.05) is 62.3 Å². The van der Waals surface area contributed by atoms with Crippen molar-refractivity contribution in [1.29, 1.82) is 0 Å². The number of hydrogen-bond donors (Lipinski definition) is 1. The summed E-state index contributed by atoms with van der Waals surface area (Å²) >= 11 is 0. The van der Waals surface area contributed by atoms with Crippen LogP contribution in [0, 0.1) is 0 Å². The van der Waals surface area contributed by atoms with Crippen molar-refractivity contribution in [2.75, 3.05) is 18.4 Å². The van der Waals surface area contributed by atoms with E-state index in [2.05, 4.69) is 30.2 Å². The fraction of sp³-hybridized carbons (Fsp3) is 0.238. The zero-order valence-electron chi connectivity index (χ0n) is 15.8. The highest BCUT2D eigenvalue weighted by Crippen LogP contribution is 2.31.